The molecule has 1 aromatic rings. The number of likely N-dealkylation sites (N-methyl/N-ethyl adjacent to an activating group) is 1. The first-order valence-electron chi connectivity index (χ1n) is 10.6. The van der Waals surface area contributed by atoms with Gasteiger partial charge in [-0.2, -0.15) is 4.98 Å². The maximum Gasteiger partial charge on any atom is 0.349 e. The fourth-order valence-corrected chi connectivity index (χ4v) is 4.12. The molecule has 0 amide bonds. The van der Waals surface area contributed by atoms with Gasteiger partial charge in [0.2, 0.25) is 0 Å². The second kappa shape index (κ2) is 8.94. The first-order valence-corrected chi connectivity index (χ1v) is 10.6. The van der Waals surface area contributed by atoms with Crippen LogP contribution in [0.2, 0.25) is 0 Å². The van der Waals surface area contributed by atoms with Crippen LogP contribution in [-0.4, -0.2) is 91.8 Å². The molecular weight excluding hydrogens is 416 g/mol. The van der Waals surface area contributed by atoms with Crippen molar-refractivity contribution in [3.8, 4) is 11.5 Å². The zero-order valence-electron chi connectivity index (χ0n) is 18.2. The molecule has 3 aliphatic rings. The van der Waals surface area contributed by atoms with Gasteiger partial charge in [0.25, 0.3) is 5.56 Å². The molecule has 4 rings (SSSR count). The van der Waals surface area contributed by atoms with Gasteiger partial charge in [-0.15, -0.1) is 0 Å². The Morgan fingerprint density at radius 2 is 1.81 bits per heavy atom. The van der Waals surface area contributed by atoms with Crippen LogP contribution in [0.15, 0.2) is 21.7 Å². The third-order valence-electron chi connectivity index (χ3n) is 6.05. The molecule has 0 saturated carbocycles. The molecule has 3 heterocycles. The summed E-state index contributed by atoms with van der Waals surface area (Å²) >= 11 is 0. The van der Waals surface area contributed by atoms with Gasteiger partial charge in [-0.05, 0) is 38.1 Å². The number of nitrogens with one attached hydrogen (secondary N) is 1. The van der Waals surface area contributed by atoms with Crippen LogP contribution >= 0.6 is 0 Å². The van der Waals surface area contributed by atoms with Gasteiger partial charge >= 0.3 is 5.69 Å². The quantitative estimate of drug-likeness (QED) is 0.342. The second-order valence-electron chi connectivity index (χ2n) is 8.33. The summed E-state index contributed by atoms with van der Waals surface area (Å²) < 4.78 is 1.68. The zero-order chi connectivity index (χ0) is 23.0. The van der Waals surface area contributed by atoms with Crippen LogP contribution in [0.3, 0.4) is 0 Å². The van der Waals surface area contributed by atoms with Crippen molar-refractivity contribution in [2.75, 3.05) is 44.7 Å². The first-order chi connectivity index (χ1) is 15.3. The van der Waals surface area contributed by atoms with E-state index >= 15 is 0 Å². The van der Waals surface area contributed by atoms with Crippen LogP contribution in [0.1, 0.15) is 12.0 Å². The van der Waals surface area contributed by atoms with Crippen molar-refractivity contribution in [1.82, 2.24) is 24.4 Å². The molecular formula is C21H28N6O5. The van der Waals surface area contributed by atoms with Gasteiger partial charge < -0.3 is 29.7 Å². The number of aromatic nitrogens is 4. The largest absolute Gasteiger partial charge is 0.394 e. The lowest BCUT2D eigenvalue weighted by atomic mass is 10.1. The van der Waals surface area contributed by atoms with Gasteiger partial charge in [0.05, 0.1) is 23.7 Å². The zero-order valence-corrected chi connectivity index (χ0v) is 18.2. The van der Waals surface area contributed by atoms with Gasteiger partial charge in [0.15, 0.2) is 11.5 Å². The molecule has 0 aromatic heterocycles. The Kier molecular flexibility index (Phi) is 6.24. The lowest BCUT2D eigenvalue weighted by molar-refractivity contribution is -0.0191. The highest BCUT2D eigenvalue weighted by Crippen LogP contribution is 2.29. The molecule has 1 aromatic carbocycles. The van der Waals surface area contributed by atoms with Gasteiger partial charge in [0, 0.05) is 38.4 Å². The number of piperazine rings is 1. The highest BCUT2D eigenvalue weighted by atomic mass is 16.4. The van der Waals surface area contributed by atoms with Gasteiger partial charge in [0.1, 0.15) is 6.10 Å². The number of aromatic amines is 1. The molecule has 11 heteroatoms. The number of benzene rings is 1. The summed E-state index contributed by atoms with van der Waals surface area (Å²) in [5.74, 6) is 0.116. The molecule has 1 saturated heterocycles. The highest BCUT2D eigenvalue weighted by molar-refractivity contribution is 5.84. The summed E-state index contributed by atoms with van der Waals surface area (Å²) in [5.41, 5.74) is 1.90. The predicted molar refractivity (Wildman–Crippen MR) is 119 cm³/mol. The van der Waals surface area contributed by atoms with Gasteiger partial charge in [-0.25, -0.2) is 9.78 Å². The van der Waals surface area contributed by atoms with Crippen molar-refractivity contribution in [1.29, 1.82) is 0 Å². The number of hydrogen-bond acceptors (Lipinski definition) is 9. The van der Waals surface area contributed by atoms with E-state index in [-0.39, 0.29) is 24.5 Å². The molecule has 2 atom stereocenters. The van der Waals surface area contributed by atoms with Crippen molar-refractivity contribution in [3.05, 3.63) is 38.5 Å². The summed E-state index contributed by atoms with van der Waals surface area (Å²) in [5, 5.41) is 29.0. The Morgan fingerprint density at radius 3 is 2.50 bits per heavy atom. The van der Waals surface area contributed by atoms with Gasteiger partial charge in [-0.3, -0.25) is 9.78 Å². The molecule has 4 N–H and O–H groups in total. The van der Waals surface area contributed by atoms with Crippen molar-refractivity contribution in [2.24, 2.45) is 0 Å². The van der Waals surface area contributed by atoms with Crippen LogP contribution in [0, 0.1) is 6.92 Å². The SMILES string of the molecule is Cc1cc2nc3c(=O)[nH]c(=O)nc-3n(CC[C@H](O)[C@H](O)CO)c2cc1N1CCN(C)CC1. The summed E-state index contributed by atoms with van der Waals surface area (Å²) in [4.78, 5) is 39.5. The van der Waals surface area contributed by atoms with E-state index in [0.29, 0.717) is 11.0 Å². The Balaban J connectivity index is 1.87. The molecule has 0 aliphatic carbocycles. The number of hydrogen-bond donors (Lipinski definition) is 4. The number of aliphatic hydroxyl groups is 3. The molecule has 172 valence electrons. The molecule has 0 spiro atoms. The Hall–Kier alpha value is -2.86. The molecule has 0 unspecified atom stereocenters. The first kappa shape index (κ1) is 22.3. The highest BCUT2D eigenvalue weighted by Gasteiger charge is 2.23. The minimum Gasteiger partial charge on any atom is -0.394 e. The third-order valence-corrected chi connectivity index (χ3v) is 6.05. The Bertz CT molecular complexity index is 1200. The molecule has 0 radical (unpaired) electrons. The minimum atomic E-state index is -1.29. The van der Waals surface area contributed by atoms with Gasteiger partial charge in [-0.1, -0.05) is 0 Å². The van der Waals surface area contributed by atoms with Crippen molar-refractivity contribution < 1.29 is 15.3 Å². The maximum absolute atomic E-state index is 12.4. The van der Waals surface area contributed by atoms with Crippen LogP contribution in [0.5, 0.6) is 0 Å². The fourth-order valence-electron chi connectivity index (χ4n) is 4.12. The number of aryl methyl sites for hydroxylation is 2. The minimum absolute atomic E-state index is 0.0287. The number of aliphatic hydroxyl groups excluding tert-OH is 3. The Labute approximate surface area is 183 Å². The van der Waals surface area contributed by atoms with Crippen molar-refractivity contribution in [2.45, 2.75) is 32.1 Å². The summed E-state index contributed by atoms with van der Waals surface area (Å²) in [6.45, 7) is 5.20. The number of anilines is 1. The van der Waals surface area contributed by atoms with E-state index in [1.54, 1.807) is 4.57 Å². The smallest absolute Gasteiger partial charge is 0.349 e. The summed E-state index contributed by atoms with van der Waals surface area (Å²) in [7, 11) is 2.09. The van der Waals surface area contributed by atoms with E-state index < -0.39 is 30.1 Å². The monoisotopic (exact) mass is 444 g/mol. The topological polar surface area (TPSA) is 148 Å². The second-order valence-corrected chi connectivity index (χ2v) is 8.33. The molecule has 3 aliphatic heterocycles. The normalized spacial score (nSPS) is 17.2. The van der Waals surface area contributed by atoms with Crippen LogP contribution in [-0.2, 0) is 6.54 Å². The lowest BCUT2D eigenvalue weighted by Crippen LogP contribution is -2.44. The number of H-pyrrole nitrogens is 1. The summed E-state index contributed by atoms with van der Waals surface area (Å²) in [6.07, 6.45) is -2.38. The van der Waals surface area contributed by atoms with E-state index in [9.17, 15) is 19.8 Å². The van der Waals surface area contributed by atoms with Crippen LogP contribution < -0.4 is 16.1 Å². The van der Waals surface area contributed by atoms with Crippen LogP contribution in [0.25, 0.3) is 22.6 Å². The van der Waals surface area contributed by atoms with Crippen LogP contribution in [0.4, 0.5) is 5.69 Å². The third kappa shape index (κ3) is 4.24. The van der Waals surface area contributed by atoms with E-state index in [2.05, 4.69) is 31.8 Å². The standard InChI is InChI=1S/C21H28N6O5/c1-12-9-13-15(10-14(12)26-7-5-25(2)6-8-26)27(4-3-16(29)17(30)11-28)19-18(22-13)20(31)24-21(32)23-19/h9-10,16-17,28-30H,3-8,11H2,1-2H3,(H,24,31,32)/t16-,17+/m0/s1. The fraction of sp³-hybridized carbons (Fsp3) is 0.524. The number of rotatable bonds is 6. The Morgan fingerprint density at radius 1 is 1.09 bits per heavy atom. The average Bonchev–Trinajstić information content (AvgIpc) is 2.76. The molecule has 11 nitrogen and oxygen atoms in total. The van der Waals surface area contributed by atoms with Crippen molar-refractivity contribution in [3.63, 3.8) is 0 Å². The van der Waals surface area contributed by atoms with Crippen molar-refractivity contribution >= 4 is 16.7 Å². The van der Waals surface area contributed by atoms with E-state index in [1.807, 2.05) is 19.1 Å². The van der Waals surface area contributed by atoms with E-state index in [4.69, 9.17) is 5.11 Å². The summed E-state index contributed by atoms with van der Waals surface area (Å²) in [6, 6.07) is 3.88. The average molecular weight is 444 g/mol. The van der Waals surface area contributed by atoms with E-state index in [0.717, 1.165) is 37.4 Å². The molecule has 32 heavy (non-hydrogen) atoms. The number of nitrogens with zero attached hydrogens (tertiary/aromatic N) is 5. The molecule has 0 bridgehead atoms. The lowest BCUT2D eigenvalue weighted by Gasteiger charge is -2.35. The van der Waals surface area contributed by atoms with E-state index in [1.165, 1.54) is 0 Å². The predicted octanol–water partition coefficient (Wildman–Crippen LogP) is -1.25. The molecule has 1 fully saturated rings. The maximum atomic E-state index is 12.4. The number of fused-ring (bicyclic) bond motifs is 2.